The van der Waals surface area contributed by atoms with Crippen molar-refractivity contribution in [3.8, 4) is 0 Å². The van der Waals surface area contributed by atoms with Crippen LogP contribution in [0, 0.1) is 6.92 Å². The summed E-state index contributed by atoms with van der Waals surface area (Å²) in [4.78, 5) is 15.3. The van der Waals surface area contributed by atoms with E-state index in [1.165, 1.54) is 21.1 Å². The number of carbonyl (C=O) groups excluding carboxylic acids is 1. The molecule has 0 radical (unpaired) electrons. The van der Waals surface area contributed by atoms with E-state index >= 15 is 0 Å². The monoisotopic (exact) mass is 302 g/mol. The van der Waals surface area contributed by atoms with Crippen LogP contribution in [0.1, 0.15) is 19.4 Å². The second-order valence-electron chi connectivity index (χ2n) is 4.60. The Bertz CT molecular complexity index is 773. The molecule has 0 bridgehead atoms. The summed E-state index contributed by atoms with van der Waals surface area (Å²) in [6.07, 6.45) is 0. The van der Waals surface area contributed by atoms with Crippen LogP contribution in [-0.4, -0.2) is 5.91 Å². The van der Waals surface area contributed by atoms with Gasteiger partial charge >= 0.3 is 0 Å². The van der Waals surface area contributed by atoms with Crippen molar-refractivity contribution in [2.75, 3.05) is 5.73 Å². The maximum absolute atomic E-state index is 12.2. The van der Waals surface area contributed by atoms with Gasteiger partial charge in [-0.3, -0.25) is 4.79 Å². The van der Waals surface area contributed by atoms with E-state index in [1.807, 2.05) is 30.3 Å². The van der Waals surface area contributed by atoms with E-state index < -0.39 is 0 Å². The number of anilines is 1. The van der Waals surface area contributed by atoms with Gasteiger partial charge in [0, 0.05) is 20.1 Å². The van der Waals surface area contributed by atoms with Crippen LogP contribution in [0.25, 0.3) is 10.1 Å². The molecule has 20 heavy (non-hydrogen) atoms. The van der Waals surface area contributed by atoms with Gasteiger partial charge in [0.2, 0.25) is 0 Å². The van der Waals surface area contributed by atoms with Crippen molar-refractivity contribution in [2.24, 2.45) is 0 Å². The number of hydrogen-bond acceptors (Lipinski definition) is 4. The third-order valence-electron chi connectivity index (χ3n) is 2.98. The van der Waals surface area contributed by atoms with Gasteiger partial charge in [0.15, 0.2) is 0 Å². The molecule has 2 aromatic heterocycles. The lowest BCUT2D eigenvalue weighted by molar-refractivity contribution is 0.0955. The second-order valence-corrected chi connectivity index (χ2v) is 7.06. The normalized spacial score (nSPS) is 10.8. The van der Waals surface area contributed by atoms with Crippen LogP contribution in [0.3, 0.4) is 0 Å². The summed E-state index contributed by atoms with van der Waals surface area (Å²) in [6, 6.07) is 11.7. The van der Waals surface area contributed by atoms with Crippen LogP contribution in [-0.2, 0) is 6.54 Å². The topological polar surface area (TPSA) is 55.1 Å². The average molecular weight is 302 g/mol. The van der Waals surface area contributed by atoms with Crippen LogP contribution < -0.4 is 11.1 Å². The minimum absolute atomic E-state index is 0.0316. The molecule has 0 spiro atoms. The molecule has 0 atom stereocenters. The first kappa shape index (κ1) is 13.1. The van der Waals surface area contributed by atoms with E-state index in [2.05, 4.69) is 18.3 Å². The van der Waals surface area contributed by atoms with E-state index in [9.17, 15) is 4.79 Å². The van der Waals surface area contributed by atoms with Crippen molar-refractivity contribution < 1.29 is 4.79 Å². The molecule has 0 saturated carbocycles. The van der Waals surface area contributed by atoms with Crippen LogP contribution in [0.4, 0.5) is 5.69 Å². The van der Waals surface area contributed by atoms with Crippen LogP contribution in [0.2, 0.25) is 0 Å². The molecule has 3 N–H and O–H groups in total. The summed E-state index contributed by atoms with van der Waals surface area (Å²) in [6.45, 7) is 2.64. The number of aryl methyl sites for hydroxylation is 1. The minimum Gasteiger partial charge on any atom is -0.399 e. The summed E-state index contributed by atoms with van der Waals surface area (Å²) in [7, 11) is 0. The quantitative estimate of drug-likeness (QED) is 0.723. The molecule has 0 aliphatic carbocycles. The maximum atomic E-state index is 12.2. The molecule has 3 rings (SSSR count). The summed E-state index contributed by atoms with van der Waals surface area (Å²) in [5.41, 5.74) is 6.47. The number of nitrogen functional groups attached to an aromatic ring is 1. The van der Waals surface area contributed by atoms with Crippen LogP contribution >= 0.6 is 22.7 Å². The molecule has 0 unspecified atom stereocenters. The van der Waals surface area contributed by atoms with Gasteiger partial charge in [-0.25, -0.2) is 0 Å². The Hall–Kier alpha value is -1.85. The van der Waals surface area contributed by atoms with Crippen LogP contribution in [0.5, 0.6) is 0 Å². The predicted octanol–water partition coefficient (Wildman–Crippen LogP) is 3.78. The Morgan fingerprint density at radius 3 is 2.80 bits per heavy atom. The Morgan fingerprint density at radius 2 is 2.05 bits per heavy atom. The molecule has 0 fully saturated rings. The van der Waals surface area contributed by atoms with Gasteiger partial charge in [-0.05, 0) is 48.7 Å². The second kappa shape index (κ2) is 5.26. The van der Waals surface area contributed by atoms with E-state index in [1.54, 1.807) is 11.3 Å². The number of nitrogens with one attached hydrogen (secondary N) is 1. The zero-order valence-corrected chi connectivity index (χ0v) is 12.6. The lowest BCUT2D eigenvalue weighted by Gasteiger charge is -2.00. The highest BCUT2D eigenvalue weighted by Gasteiger charge is 2.10. The fourth-order valence-corrected chi connectivity index (χ4v) is 3.80. The fourth-order valence-electron chi connectivity index (χ4n) is 2.01. The largest absolute Gasteiger partial charge is 0.399 e. The van der Waals surface area contributed by atoms with Gasteiger partial charge in [0.05, 0.1) is 11.4 Å². The number of thiophene rings is 2. The average Bonchev–Trinajstić information content (AvgIpc) is 3.01. The number of benzene rings is 1. The number of nitrogens with two attached hydrogens (primary N) is 1. The van der Waals surface area contributed by atoms with Crippen molar-refractivity contribution in [1.29, 1.82) is 0 Å². The number of amides is 1. The Balaban J connectivity index is 1.75. The van der Waals surface area contributed by atoms with E-state index in [4.69, 9.17) is 5.73 Å². The smallest absolute Gasteiger partial charge is 0.261 e. The molecule has 2 heterocycles. The van der Waals surface area contributed by atoms with Gasteiger partial charge in [-0.15, -0.1) is 22.7 Å². The van der Waals surface area contributed by atoms with Crippen LogP contribution in [0.15, 0.2) is 36.4 Å². The first-order valence-electron chi connectivity index (χ1n) is 6.24. The summed E-state index contributed by atoms with van der Waals surface area (Å²) in [5, 5.41) is 3.98. The van der Waals surface area contributed by atoms with E-state index in [0.717, 1.165) is 20.7 Å². The highest BCUT2D eigenvalue weighted by Crippen LogP contribution is 2.27. The number of hydrogen-bond donors (Lipinski definition) is 2. The SMILES string of the molecule is Cc1ccc(CNC(=O)c2cc3cc(N)ccc3s2)s1. The molecule has 102 valence electrons. The highest BCUT2D eigenvalue weighted by molar-refractivity contribution is 7.20. The molecular weight excluding hydrogens is 288 g/mol. The van der Waals surface area contributed by atoms with Crippen molar-refractivity contribution in [3.05, 3.63) is 51.0 Å². The van der Waals surface area contributed by atoms with Crippen molar-refractivity contribution in [3.63, 3.8) is 0 Å². The van der Waals surface area contributed by atoms with E-state index in [-0.39, 0.29) is 5.91 Å². The first-order chi connectivity index (χ1) is 9.61. The third kappa shape index (κ3) is 2.69. The first-order valence-corrected chi connectivity index (χ1v) is 7.88. The number of fused-ring (bicyclic) bond motifs is 1. The zero-order chi connectivity index (χ0) is 14.1. The molecule has 0 saturated heterocycles. The Kier molecular flexibility index (Phi) is 3.46. The van der Waals surface area contributed by atoms with Gasteiger partial charge in [-0.2, -0.15) is 0 Å². The third-order valence-corrected chi connectivity index (χ3v) is 5.10. The number of carbonyl (C=O) groups is 1. The minimum atomic E-state index is -0.0316. The number of rotatable bonds is 3. The maximum Gasteiger partial charge on any atom is 0.261 e. The van der Waals surface area contributed by atoms with E-state index in [0.29, 0.717) is 6.54 Å². The molecule has 1 amide bonds. The molecule has 1 aromatic carbocycles. The standard InChI is InChI=1S/C15H14N2OS2/c1-9-2-4-12(19-9)8-17-15(18)14-7-10-6-11(16)3-5-13(10)20-14/h2-7H,8,16H2,1H3,(H,17,18). The summed E-state index contributed by atoms with van der Waals surface area (Å²) >= 11 is 3.19. The molecule has 3 nitrogen and oxygen atoms in total. The van der Waals surface area contributed by atoms with Gasteiger partial charge in [0.25, 0.3) is 5.91 Å². The summed E-state index contributed by atoms with van der Waals surface area (Å²) < 4.78 is 1.08. The molecule has 3 aromatic rings. The zero-order valence-electron chi connectivity index (χ0n) is 11.0. The van der Waals surface area contributed by atoms with Gasteiger partial charge < -0.3 is 11.1 Å². The highest BCUT2D eigenvalue weighted by atomic mass is 32.1. The Labute approximate surface area is 125 Å². The fraction of sp³-hybridized carbons (Fsp3) is 0.133. The lowest BCUT2D eigenvalue weighted by Crippen LogP contribution is -2.21. The van der Waals surface area contributed by atoms with Crippen molar-refractivity contribution >= 4 is 44.4 Å². The molecule has 0 aliphatic rings. The lowest BCUT2D eigenvalue weighted by atomic mass is 10.2. The molecule has 5 heteroatoms. The Morgan fingerprint density at radius 1 is 1.20 bits per heavy atom. The summed E-state index contributed by atoms with van der Waals surface area (Å²) in [5.74, 6) is -0.0316. The predicted molar refractivity (Wildman–Crippen MR) is 86.5 cm³/mol. The van der Waals surface area contributed by atoms with Gasteiger partial charge in [0.1, 0.15) is 0 Å². The van der Waals surface area contributed by atoms with Crippen molar-refractivity contribution in [1.82, 2.24) is 5.32 Å². The molecular formula is C15H14N2OS2. The molecule has 0 aliphatic heterocycles. The van der Waals surface area contributed by atoms with Gasteiger partial charge in [-0.1, -0.05) is 0 Å². The van der Waals surface area contributed by atoms with Crippen molar-refractivity contribution in [2.45, 2.75) is 13.5 Å².